The lowest BCUT2D eigenvalue weighted by Gasteiger charge is -2.40. The number of carbonyl (C=O) groups excluding carboxylic acids is 2. The fourth-order valence-corrected chi connectivity index (χ4v) is 3.77. The number of amides is 2. The van der Waals surface area contributed by atoms with Gasteiger partial charge >= 0.3 is 0 Å². The lowest BCUT2D eigenvalue weighted by molar-refractivity contribution is -0.137. The molecule has 3 heterocycles. The van der Waals surface area contributed by atoms with Crippen molar-refractivity contribution in [2.45, 2.75) is 44.6 Å². The summed E-state index contributed by atoms with van der Waals surface area (Å²) < 4.78 is 0. The molecule has 0 bridgehead atoms. The number of carbonyl (C=O) groups is 2. The van der Waals surface area contributed by atoms with Crippen LogP contribution in [0.2, 0.25) is 0 Å². The van der Waals surface area contributed by atoms with Crippen LogP contribution in [-0.2, 0) is 9.59 Å². The summed E-state index contributed by atoms with van der Waals surface area (Å²) in [6, 6.07) is 0.669. The zero-order chi connectivity index (χ0) is 13.9. The molecule has 1 unspecified atom stereocenters. The molecular weight excluding hydrogens is 254 g/mol. The first-order valence-electron chi connectivity index (χ1n) is 8.03. The Hall–Kier alpha value is -1.10. The Bertz CT molecular complexity index is 371. The second kappa shape index (κ2) is 6.12. The maximum Gasteiger partial charge on any atom is 0.227 e. The number of piperidine rings is 2. The molecular formula is C15H25N3O2. The van der Waals surface area contributed by atoms with E-state index >= 15 is 0 Å². The van der Waals surface area contributed by atoms with Crippen molar-refractivity contribution in [1.29, 1.82) is 0 Å². The molecule has 3 fully saturated rings. The van der Waals surface area contributed by atoms with Crippen molar-refractivity contribution in [2.24, 2.45) is 5.92 Å². The van der Waals surface area contributed by atoms with Crippen molar-refractivity contribution < 1.29 is 9.59 Å². The average Bonchev–Trinajstić information content (AvgIpc) is 2.94. The molecule has 0 radical (unpaired) electrons. The van der Waals surface area contributed by atoms with E-state index in [1.54, 1.807) is 0 Å². The largest absolute Gasteiger partial charge is 0.355 e. The summed E-state index contributed by atoms with van der Waals surface area (Å²) in [6.07, 6.45) is 6.60. The van der Waals surface area contributed by atoms with Gasteiger partial charge in [0.05, 0.1) is 5.92 Å². The van der Waals surface area contributed by atoms with Crippen LogP contribution in [0.1, 0.15) is 38.5 Å². The van der Waals surface area contributed by atoms with Crippen molar-refractivity contribution in [1.82, 2.24) is 15.1 Å². The van der Waals surface area contributed by atoms with Crippen LogP contribution in [-0.4, -0.2) is 60.4 Å². The minimum absolute atomic E-state index is 0.0200. The first-order chi connectivity index (χ1) is 9.74. The zero-order valence-corrected chi connectivity index (χ0v) is 12.1. The molecule has 3 aliphatic heterocycles. The molecule has 0 aromatic heterocycles. The molecule has 20 heavy (non-hydrogen) atoms. The van der Waals surface area contributed by atoms with Crippen LogP contribution < -0.4 is 5.32 Å². The summed E-state index contributed by atoms with van der Waals surface area (Å²) in [7, 11) is 0. The number of nitrogens with one attached hydrogen (secondary N) is 1. The van der Waals surface area contributed by atoms with Crippen LogP contribution >= 0.6 is 0 Å². The Morgan fingerprint density at radius 1 is 1.05 bits per heavy atom. The number of likely N-dealkylation sites (tertiary alicyclic amines) is 2. The molecule has 3 saturated heterocycles. The van der Waals surface area contributed by atoms with E-state index in [1.165, 1.54) is 32.4 Å². The highest BCUT2D eigenvalue weighted by atomic mass is 16.2. The van der Waals surface area contributed by atoms with Gasteiger partial charge in [-0.15, -0.1) is 0 Å². The summed E-state index contributed by atoms with van der Waals surface area (Å²) in [6.45, 7) is 4.73. The van der Waals surface area contributed by atoms with Gasteiger partial charge in [-0.1, -0.05) is 6.42 Å². The number of hydrogen-bond donors (Lipinski definition) is 1. The van der Waals surface area contributed by atoms with Crippen molar-refractivity contribution >= 4 is 11.8 Å². The van der Waals surface area contributed by atoms with E-state index in [2.05, 4.69) is 10.2 Å². The molecule has 3 aliphatic rings. The maximum atomic E-state index is 12.3. The van der Waals surface area contributed by atoms with Crippen LogP contribution in [0.15, 0.2) is 0 Å². The van der Waals surface area contributed by atoms with Gasteiger partial charge in [0.15, 0.2) is 0 Å². The van der Waals surface area contributed by atoms with Crippen molar-refractivity contribution in [3.05, 3.63) is 0 Å². The first kappa shape index (κ1) is 13.9. The molecule has 0 aliphatic carbocycles. The maximum absolute atomic E-state index is 12.3. The number of nitrogens with zero attached hydrogens (tertiary/aromatic N) is 2. The van der Waals surface area contributed by atoms with Crippen LogP contribution in [0.5, 0.6) is 0 Å². The highest BCUT2D eigenvalue weighted by Gasteiger charge is 2.34. The van der Waals surface area contributed by atoms with E-state index in [-0.39, 0.29) is 17.7 Å². The van der Waals surface area contributed by atoms with Gasteiger partial charge in [-0.25, -0.2) is 0 Å². The molecule has 112 valence electrons. The summed E-state index contributed by atoms with van der Waals surface area (Å²) in [5.41, 5.74) is 0. The molecule has 0 aromatic rings. The Labute approximate surface area is 120 Å². The Kier molecular flexibility index (Phi) is 4.24. The van der Waals surface area contributed by atoms with E-state index in [4.69, 9.17) is 0 Å². The van der Waals surface area contributed by atoms with E-state index < -0.39 is 0 Å². The van der Waals surface area contributed by atoms with Gasteiger partial charge in [0.25, 0.3) is 0 Å². The second-order valence-electron chi connectivity index (χ2n) is 6.36. The van der Waals surface area contributed by atoms with E-state index in [0.717, 1.165) is 25.9 Å². The molecule has 3 rings (SSSR count). The van der Waals surface area contributed by atoms with Crippen LogP contribution in [0.3, 0.4) is 0 Å². The van der Waals surface area contributed by atoms with Crippen LogP contribution in [0.4, 0.5) is 0 Å². The quantitative estimate of drug-likeness (QED) is 0.805. The van der Waals surface area contributed by atoms with Crippen molar-refractivity contribution in [3.63, 3.8) is 0 Å². The fraction of sp³-hybridized carbons (Fsp3) is 0.867. The van der Waals surface area contributed by atoms with Gasteiger partial charge in [0.2, 0.25) is 11.8 Å². The van der Waals surface area contributed by atoms with Crippen LogP contribution in [0.25, 0.3) is 0 Å². The predicted octanol–water partition coefficient (Wildman–Crippen LogP) is 0.599. The molecule has 0 spiro atoms. The monoisotopic (exact) mass is 279 g/mol. The topological polar surface area (TPSA) is 52.7 Å². The van der Waals surface area contributed by atoms with E-state index in [9.17, 15) is 9.59 Å². The summed E-state index contributed by atoms with van der Waals surface area (Å²) in [5.74, 6) is 0.0843. The van der Waals surface area contributed by atoms with E-state index in [1.807, 2.05) is 4.90 Å². The summed E-state index contributed by atoms with van der Waals surface area (Å²) in [5, 5.41) is 2.76. The third-order valence-electron chi connectivity index (χ3n) is 5.01. The fourth-order valence-electron chi connectivity index (χ4n) is 3.77. The van der Waals surface area contributed by atoms with Crippen molar-refractivity contribution in [2.75, 3.05) is 32.7 Å². The van der Waals surface area contributed by atoms with Gasteiger partial charge in [0, 0.05) is 32.1 Å². The molecule has 2 amide bonds. The molecule has 1 N–H and O–H groups in total. The van der Waals surface area contributed by atoms with Gasteiger partial charge in [-0.3, -0.25) is 9.59 Å². The Morgan fingerprint density at radius 3 is 2.35 bits per heavy atom. The summed E-state index contributed by atoms with van der Waals surface area (Å²) in [4.78, 5) is 28.2. The third-order valence-corrected chi connectivity index (χ3v) is 5.01. The van der Waals surface area contributed by atoms with Crippen LogP contribution in [0, 0.1) is 5.92 Å². The summed E-state index contributed by atoms with van der Waals surface area (Å²) >= 11 is 0. The predicted molar refractivity (Wildman–Crippen MR) is 76.1 cm³/mol. The third kappa shape index (κ3) is 2.97. The van der Waals surface area contributed by atoms with Gasteiger partial charge < -0.3 is 15.1 Å². The SMILES string of the molecule is O=C1CC(C(=O)N2CCC(N3CCCCC3)CC2)CN1. The molecule has 5 heteroatoms. The normalized spacial score (nSPS) is 29.5. The first-order valence-corrected chi connectivity index (χ1v) is 8.03. The molecule has 5 nitrogen and oxygen atoms in total. The molecule has 0 saturated carbocycles. The van der Waals surface area contributed by atoms with E-state index in [0.29, 0.717) is 19.0 Å². The lowest BCUT2D eigenvalue weighted by atomic mass is 9.98. The number of hydrogen-bond acceptors (Lipinski definition) is 3. The Balaban J connectivity index is 1.48. The van der Waals surface area contributed by atoms with Gasteiger partial charge in [-0.2, -0.15) is 0 Å². The smallest absolute Gasteiger partial charge is 0.227 e. The molecule has 0 aromatic carbocycles. The van der Waals surface area contributed by atoms with Crippen molar-refractivity contribution in [3.8, 4) is 0 Å². The highest BCUT2D eigenvalue weighted by Crippen LogP contribution is 2.22. The highest BCUT2D eigenvalue weighted by molar-refractivity contribution is 5.89. The minimum atomic E-state index is -0.117. The Morgan fingerprint density at radius 2 is 1.75 bits per heavy atom. The standard InChI is InChI=1S/C15H25N3O2/c19-14-10-12(11-16-14)15(20)18-8-4-13(5-9-18)17-6-2-1-3-7-17/h12-13H,1-11H2,(H,16,19). The number of rotatable bonds is 2. The van der Waals surface area contributed by atoms with Gasteiger partial charge in [0.1, 0.15) is 0 Å². The average molecular weight is 279 g/mol. The van der Waals surface area contributed by atoms with Gasteiger partial charge in [-0.05, 0) is 38.8 Å². The molecule has 1 atom stereocenters. The minimum Gasteiger partial charge on any atom is -0.355 e. The second-order valence-corrected chi connectivity index (χ2v) is 6.36. The zero-order valence-electron chi connectivity index (χ0n) is 12.1. The lowest BCUT2D eigenvalue weighted by Crippen LogP contribution is -2.49.